The third-order valence-electron chi connectivity index (χ3n) is 3.01. The van der Waals surface area contributed by atoms with Crippen molar-refractivity contribution in [3.05, 3.63) is 23.8 Å². The van der Waals surface area contributed by atoms with Gasteiger partial charge in [0.05, 0.1) is 0 Å². The molecule has 0 atom stereocenters. The van der Waals surface area contributed by atoms with Crippen LogP contribution in [0, 0.1) is 5.41 Å². The van der Waals surface area contributed by atoms with Crippen LogP contribution >= 0.6 is 0 Å². The van der Waals surface area contributed by atoms with Crippen LogP contribution < -0.4 is 0 Å². The highest BCUT2D eigenvalue weighted by atomic mass is 14.2. The molecule has 0 spiro atoms. The van der Waals surface area contributed by atoms with E-state index >= 15 is 0 Å². The molecular weight excluding hydrogens is 168 g/mol. The van der Waals surface area contributed by atoms with Gasteiger partial charge in [0.1, 0.15) is 0 Å². The van der Waals surface area contributed by atoms with Crippen LogP contribution in [0.4, 0.5) is 0 Å². The fourth-order valence-corrected chi connectivity index (χ4v) is 1.48. The van der Waals surface area contributed by atoms with Crippen molar-refractivity contribution in [2.75, 3.05) is 0 Å². The van der Waals surface area contributed by atoms with Crippen molar-refractivity contribution >= 4 is 0 Å². The number of hydrogen-bond donors (Lipinski definition) is 0. The van der Waals surface area contributed by atoms with Crippen molar-refractivity contribution in [3.63, 3.8) is 0 Å². The molecule has 0 heterocycles. The molecule has 0 aliphatic heterocycles. The van der Waals surface area contributed by atoms with Gasteiger partial charge in [0.15, 0.2) is 0 Å². The van der Waals surface area contributed by atoms with Crippen molar-refractivity contribution in [3.8, 4) is 0 Å². The maximum atomic E-state index is 2.35. The van der Waals surface area contributed by atoms with E-state index in [2.05, 4.69) is 52.8 Å². The molecule has 0 aliphatic carbocycles. The maximum Gasteiger partial charge on any atom is -0.0144 e. The van der Waals surface area contributed by atoms with Crippen molar-refractivity contribution in [2.45, 2.75) is 60.3 Å². The molecule has 0 N–H and O–H groups in total. The SMILES string of the molecule is C/C=C\C=C(/C)C(C)(C)CCCCC. The Bertz CT molecular complexity index is 194. The average Bonchev–Trinajstić information content (AvgIpc) is 2.14. The van der Waals surface area contributed by atoms with E-state index < -0.39 is 0 Å². The second kappa shape index (κ2) is 6.86. The monoisotopic (exact) mass is 194 g/mol. The smallest absolute Gasteiger partial charge is 0.0144 e. The van der Waals surface area contributed by atoms with Crippen LogP contribution in [-0.4, -0.2) is 0 Å². The Morgan fingerprint density at radius 2 is 1.86 bits per heavy atom. The third-order valence-corrected chi connectivity index (χ3v) is 3.01. The summed E-state index contributed by atoms with van der Waals surface area (Å²) >= 11 is 0. The molecule has 0 heteroatoms. The summed E-state index contributed by atoms with van der Waals surface area (Å²) < 4.78 is 0. The molecule has 0 aromatic rings. The van der Waals surface area contributed by atoms with E-state index in [0.29, 0.717) is 5.41 Å². The molecule has 82 valence electrons. The van der Waals surface area contributed by atoms with Crippen molar-refractivity contribution < 1.29 is 0 Å². The van der Waals surface area contributed by atoms with Gasteiger partial charge in [-0.25, -0.2) is 0 Å². The summed E-state index contributed by atoms with van der Waals surface area (Å²) in [5.74, 6) is 0. The summed E-state index contributed by atoms with van der Waals surface area (Å²) in [5, 5.41) is 0. The Hall–Kier alpha value is -0.520. The predicted molar refractivity (Wildman–Crippen MR) is 66.5 cm³/mol. The molecule has 14 heavy (non-hydrogen) atoms. The molecular formula is C14H26. The molecule has 0 fully saturated rings. The molecule has 0 amide bonds. The van der Waals surface area contributed by atoms with E-state index in [1.165, 1.54) is 31.3 Å². The Morgan fingerprint density at radius 3 is 2.36 bits per heavy atom. The van der Waals surface area contributed by atoms with Crippen molar-refractivity contribution in [1.29, 1.82) is 0 Å². The second-order valence-electron chi connectivity index (χ2n) is 4.72. The lowest BCUT2D eigenvalue weighted by atomic mass is 9.80. The van der Waals surface area contributed by atoms with Gasteiger partial charge < -0.3 is 0 Å². The third kappa shape index (κ3) is 5.26. The molecule has 0 rings (SSSR count). The molecule has 0 nitrogen and oxygen atoms in total. The quantitative estimate of drug-likeness (QED) is 0.407. The molecule has 0 saturated heterocycles. The van der Waals surface area contributed by atoms with E-state index in [-0.39, 0.29) is 0 Å². The summed E-state index contributed by atoms with van der Waals surface area (Å²) in [7, 11) is 0. The normalized spacial score (nSPS) is 13.9. The second-order valence-corrected chi connectivity index (χ2v) is 4.72. The van der Waals surface area contributed by atoms with Gasteiger partial charge in [-0.3, -0.25) is 0 Å². The molecule has 0 radical (unpaired) electrons. The maximum absolute atomic E-state index is 2.35. The Balaban J connectivity index is 4.15. The van der Waals surface area contributed by atoms with Gasteiger partial charge in [-0.1, -0.05) is 63.8 Å². The average molecular weight is 194 g/mol. The molecule has 0 saturated carbocycles. The zero-order chi connectivity index (χ0) is 11.0. The molecule has 0 bridgehead atoms. The lowest BCUT2D eigenvalue weighted by Gasteiger charge is -2.25. The van der Waals surface area contributed by atoms with Gasteiger partial charge in [0, 0.05) is 0 Å². The summed E-state index contributed by atoms with van der Waals surface area (Å²) in [6.07, 6.45) is 11.8. The minimum absolute atomic E-state index is 0.370. The number of allylic oxidation sites excluding steroid dienone is 4. The fourth-order valence-electron chi connectivity index (χ4n) is 1.48. The van der Waals surface area contributed by atoms with Crippen molar-refractivity contribution in [1.82, 2.24) is 0 Å². The van der Waals surface area contributed by atoms with E-state index in [1.54, 1.807) is 0 Å². The lowest BCUT2D eigenvalue weighted by molar-refractivity contribution is 0.387. The Kier molecular flexibility index (Phi) is 6.61. The van der Waals surface area contributed by atoms with E-state index in [9.17, 15) is 0 Å². The largest absolute Gasteiger partial charge is 0.0877 e. The molecule has 0 aromatic carbocycles. The predicted octanol–water partition coefficient (Wildman–Crippen LogP) is 5.12. The van der Waals surface area contributed by atoms with Crippen LogP contribution in [0.2, 0.25) is 0 Å². The lowest BCUT2D eigenvalue weighted by Crippen LogP contribution is -2.12. The van der Waals surface area contributed by atoms with Gasteiger partial charge in [-0.05, 0) is 25.7 Å². The summed E-state index contributed by atoms with van der Waals surface area (Å²) in [6, 6.07) is 0. The highest BCUT2D eigenvalue weighted by Crippen LogP contribution is 2.31. The minimum Gasteiger partial charge on any atom is -0.0877 e. The summed E-state index contributed by atoms with van der Waals surface area (Å²) in [4.78, 5) is 0. The van der Waals surface area contributed by atoms with Gasteiger partial charge >= 0.3 is 0 Å². The van der Waals surface area contributed by atoms with Crippen LogP contribution in [-0.2, 0) is 0 Å². The van der Waals surface area contributed by atoms with Gasteiger partial charge in [-0.2, -0.15) is 0 Å². The summed E-state index contributed by atoms with van der Waals surface area (Å²) in [5.41, 5.74) is 1.86. The number of hydrogen-bond acceptors (Lipinski definition) is 0. The Morgan fingerprint density at radius 1 is 1.21 bits per heavy atom. The van der Waals surface area contributed by atoms with Crippen LogP contribution in [0.3, 0.4) is 0 Å². The first kappa shape index (κ1) is 13.5. The van der Waals surface area contributed by atoms with Gasteiger partial charge in [0.2, 0.25) is 0 Å². The standard InChI is InChI=1S/C14H26/c1-6-8-10-12-14(4,5)13(3)11-9-7-2/h7,9,11H,6,8,10,12H2,1-5H3/b9-7-,13-11+. The highest BCUT2D eigenvalue weighted by molar-refractivity contribution is 5.16. The zero-order valence-electron chi connectivity index (χ0n) is 10.6. The summed E-state index contributed by atoms with van der Waals surface area (Å²) in [6.45, 7) is 11.3. The first-order chi connectivity index (χ1) is 6.54. The van der Waals surface area contributed by atoms with E-state index in [0.717, 1.165) is 0 Å². The molecule has 0 unspecified atom stereocenters. The van der Waals surface area contributed by atoms with Gasteiger partial charge in [0.25, 0.3) is 0 Å². The molecule has 0 aliphatic rings. The fraction of sp³-hybridized carbons (Fsp3) is 0.714. The zero-order valence-corrected chi connectivity index (χ0v) is 10.6. The van der Waals surface area contributed by atoms with Crippen LogP contribution in [0.15, 0.2) is 23.8 Å². The van der Waals surface area contributed by atoms with Crippen LogP contribution in [0.25, 0.3) is 0 Å². The van der Waals surface area contributed by atoms with E-state index in [4.69, 9.17) is 0 Å². The number of unbranched alkanes of at least 4 members (excludes halogenated alkanes) is 2. The van der Waals surface area contributed by atoms with Crippen molar-refractivity contribution in [2.24, 2.45) is 5.41 Å². The van der Waals surface area contributed by atoms with Crippen LogP contribution in [0.1, 0.15) is 60.3 Å². The first-order valence-electron chi connectivity index (χ1n) is 5.84. The highest BCUT2D eigenvalue weighted by Gasteiger charge is 2.18. The van der Waals surface area contributed by atoms with E-state index in [1.807, 2.05) is 0 Å². The Labute approximate surface area is 90.1 Å². The van der Waals surface area contributed by atoms with Gasteiger partial charge in [-0.15, -0.1) is 0 Å². The first-order valence-corrected chi connectivity index (χ1v) is 5.84. The van der Waals surface area contributed by atoms with Crippen LogP contribution in [0.5, 0.6) is 0 Å². The molecule has 0 aromatic heterocycles. The minimum atomic E-state index is 0.370. The number of rotatable bonds is 6. The topological polar surface area (TPSA) is 0 Å².